The second-order valence-electron chi connectivity index (χ2n) is 7.14. The molecule has 0 aliphatic carbocycles. The second-order valence-corrected chi connectivity index (χ2v) is 7.14. The molecule has 24 heavy (non-hydrogen) atoms. The average Bonchev–Trinajstić information content (AvgIpc) is 2.52. The second kappa shape index (κ2) is 7.73. The van der Waals surface area contributed by atoms with Gasteiger partial charge in [0.2, 0.25) is 5.91 Å². The van der Waals surface area contributed by atoms with Crippen LogP contribution in [-0.2, 0) is 11.2 Å². The largest absolute Gasteiger partial charge is 0.343 e. The van der Waals surface area contributed by atoms with Crippen LogP contribution in [0.5, 0.6) is 0 Å². The van der Waals surface area contributed by atoms with Crippen LogP contribution in [0.15, 0.2) is 6.07 Å². The number of nitrogens with zero attached hydrogens (tertiary/aromatic N) is 4. The van der Waals surface area contributed by atoms with Crippen LogP contribution in [0.4, 0.5) is 0 Å². The third-order valence-corrected chi connectivity index (χ3v) is 4.34. The van der Waals surface area contributed by atoms with Gasteiger partial charge in [-0.3, -0.25) is 9.59 Å². The Kier molecular flexibility index (Phi) is 5.91. The molecule has 1 fully saturated rings. The SMILES string of the molecule is Cc1nc(C[C@@H]2CCCN(C(=O)C(C)C)C2)cc(C(=O)N(C)C)n1. The fourth-order valence-corrected chi connectivity index (χ4v) is 3.17. The van der Waals surface area contributed by atoms with Crippen LogP contribution in [0.3, 0.4) is 0 Å². The first kappa shape index (κ1) is 18.4. The molecule has 2 rings (SSSR count). The minimum atomic E-state index is -0.109. The number of carbonyl (C=O) groups excluding carboxylic acids is 2. The molecule has 6 heteroatoms. The maximum atomic E-state index is 12.2. The number of rotatable bonds is 4. The first-order chi connectivity index (χ1) is 11.3. The van der Waals surface area contributed by atoms with E-state index in [0.717, 1.165) is 38.0 Å². The summed E-state index contributed by atoms with van der Waals surface area (Å²) in [5, 5.41) is 0. The van der Waals surface area contributed by atoms with Crippen LogP contribution in [0, 0.1) is 18.8 Å². The summed E-state index contributed by atoms with van der Waals surface area (Å²) in [6.45, 7) is 7.32. The van der Waals surface area contributed by atoms with Gasteiger partial charge in [0.05, 0.1) is 0 Å². The zero-order chi connectivity index (χ0) is 17.9. The highest BCUT2D eigenvalue weighted by molar-refractivity contribution is 5.92. The molecular weight excluding hydrogens is 304 g/mol. The molecule has 0 saturated carbocycles. The van der Waals surface area contributed by atoms with Crippen LogP contribution in [0.1, 0.15) is 48.7 Å². The van der Waals surface area contributed by atoms with Crippen molar-refractivity contribution in [2.45, 2.75) is 40.0 Å². The number of aromatic nitrogens is 2. The van der Waals surface area contributed by atoms with E-state index in [4.69, 9.17) is 0 Å². The lowest BCUT2D eigenvalue weighted by atomic mass is 9.92. The summed E-state index contributed by atoms with van der Waals surface area (Å²) in [4.78, 5) is 36.6. The summed E-state index contributed by atoms with van der Waals surface area (Å²) < 4.78 is 0. The van der Waals surface area contributed by atoms with Gasteiger partial charge in [-0.1, -0.05) is 13.8 Å². The van der Waals surface area contributed by atoms with Gasteiger partial charge in [0.1, 0.15) is 11.5 Å². The van der Waals surface area contributed by atoms with E-state index in [2.05, 4.69) is 9.97 Å². The molecule has 0 spiro atoms. The van der Waals surface area contributed by atoms with Crippen LogP contribution in [0.2, 0.25) is 0 Å². The molecule has 2 heterocycles. The van der Waals surface area contributed by atoms with Gasteiger partial charge in [-0.05, 0) is 38.2 Å². The highest BCUT2D eigenvalue weighted by Crippen LogP contribution is 2.22. The lowest BCUT2D eigenvalue weighted by molar-refractivity contribution is -0.136. The standard InChI is InChI=1S/C18H28N4O2/c1-12(2)17(23)22-8-6-7-14(11-22)9-15-10-16(18(24)21(4)5)20-13(3)19-15/h10,12,14H,6-9,11H2,1-5H3/t14-/m0/s1. The van der Waals surface area contributed by atoms with Crippen LogP contribution in [-0.4, -0.2) is 58.8 Å². The van der Waals surface area contributed by atoms with Crippen LogP contribution in [0.25, 0.3) is 0 Å². The number of amides is 2. The highest BCUT2D eigenvalue weighted by Gasteiger charge is 2.26. The van der Waals surface area contributed by atoms with E-state index < -0.39 is 0 Å². The van der Waals surface area contributed by atoms with Crippen molar-refractivity contribution in [1.82, 2.24) is 19.8 Å². The van der Waals surface area contributed by atoms with Crippen molar-refractivity contribution in [3.63, 3.8) is 0 Å². The van der Waals surface area contributed by atoms with E-state index in [1.807, 2.05) is 25.7 Å². The zero-order valence-electron chi connectivity index (χ0n) is 15.4. The Bertz CT molecular complexity index is 613. The first-order valence-corrected chi connectivity index (χ1v) is 8.63. The first-order valence-electron chi connectivity index (χ1n) is 8.63. The summed E-state index contributed by atoms with van der Waals surface area (Å²) in [6, 6.07) is 1.79. The summed E-state index contributed by atoms with van der Waals surface area (Å²) in [6.07, 6.45) is 2.89. The molecule has 1 aromatic heterocycles. The maximum Gasteiger partial charge on any atom is 0.272 e. The molecular formula is C18H28N4O2. The Morgan fingerprint density at radius 3 is 2.67 bits per heavy atom. The van der Waals surface area contributed by atoms with Gasteiger partial charge in [0.25, 0.3) is 5.91 Å². The van der Waals surface area contributed by atoms with Crippen molar-refractivity contribution >= 4 is 11.8 Å². The van der Waals surface area contributed by atoms with Crippen molar-refractivity contribution in [1.29, 1.82) is 0 Å². The molecule has 132 valence electrons. The lowest BCUT2D eigenvalue weighted by Crippen LogP contribution is -2.42. The van der Waals surface area contributed by atoms with Gasteiger partial charge in [0.15, 0.2) is 0 Å². The third kappa shape index (κ3) is 4.52. The van der Waals surface area contributed by atoms with Gasteiger partial charge in [-0.15, -0.1) is 0 Å². The van der Waals surface area contributed by atoms with Crippen molar-refractivity contribution in [2.24, 2.45) is 11.8 Å². The van der Waals surface area contributed by atoms with Crippen molar-refractivity contribution in [3.05, 3.63) is 23.3 Å². The maximum absolute atomic E-state index is 12.2. The molecule has 1 aliphatic rings. The van der Waals surface area contributed by atoms with Gasteiger partial charge >= 0.3 is 0 Å². The minimum Gasteiger partial charge on any atom is -0.343 e. The molecule has 1 saturated heterocycles. The minimum absolute atomic E-state index is 0.0364. The average molecular weight is 332 g/mol. The highest BCUT2D eigenvalue weighted by atomic mass is 16.2. The summed E-state index contributed by atoms with van der Waals surface area (Å²) in [7, 11) is 3.44. The predicted octanol–water partition coefficient (Wildman–Crippen LogP) is 1.92. The molecule has 0 radical (unpaired) electrons. The van der Waals surface area contributed by atoms with Gasteiger partial charge in [-0.25, -0.2) is 9.97 Å². The molecule has 0 bridgehead atoms. The summed E-state index contributed by atoms with van der Waals surface area (Å²) in [5.41, 5.74) is 1.32. The molecule has 2 amide bonds. The summed E-state index contributed by atoms with van der Waals surface area (Å²) in [5.74, 6) is 1.15. The van der Waals surface area contributed by atoms with Crippen molar-refractivity contribution < 1.29 is 9.59 Å². The van der Waals surface area contributed by atoms with E-state index >= 15 is 0 Å². The van der Waals surface area contributed by atoms with Gasteiger partial charge in [-0.2, -0.15) is 0 Å². The van der Waals surface area contributed by atoms with E-state index in [0.29, 0.717) is 17.4 Å². The number of carbonyl (C=O) groups is 2. The molecule has 0 unspecified atom stereocenters. The van der Waals surface area contributed by atoms with Gasteiger partial charge in [0, 0.05) is 38.8 Å². The Balaban J connectivity index is 2.10. The molecule has 1 atom stereocenters. The quantitative estimate of drug-likeness (QED) is 0.845. The topological polar surface area (TPSA) is 66.4 Å². The Morgan fingerprint density at radius 2 is 2.04 bits per heavy atom. The lowest BCUT2D eigenvalue weighted by Gasteiger charge is -2.33. The fourth-order valence-electron chi connectivity index (χ4n) is 3.17. The van der Waals surface area contributed by atoms with Crippen LogP contribution < -0.4 is 0 Å². The Hall–Kier alpha value is -1.98. The summed E-state index contributed by atoms with van der Waals surface area (Å²) >= 11 is 0. The number of aryl methyl sites for hydroxylation is 1. The molecule has 1 aromatic rings. The molecule has 6 nitrogen and oxygen atoms in total. The Morgan fingerprint density at radius 1 is 1.33 bits per heavy atom. The molecule has 0 aromatic carbocycles. The third-order valence-electron chi connectivity index (χ3n) is 4.34. The Labute approximate surface area is 144 Å². The van der Waals surface area contributed by atoms with E-state index in [9.17, 15) is 9.59 Å². The van der Waals surface area contributed by atoms with Crippen molar-refractivity contribution in [2.75, 3.05) is 27.2 Å². The number of piperidine rings is 1. The van der Waals surface area contributed by atoms with Crippen molar-refractivity contribution in [3.8, 4) is 0 Å². The normalized spacial score (nSPS) is 17.9. The molecule has 0 N–H and O–H groups in total. The number of hydrogen-bond acceptors (Lipinski definition) is 4. The zero-order valence-corrected chi connectivity index (χ0v) is 15.4. The van der Waals surface area contributed by atoms with E-state index in [1.165, 1.54) is 4.90 Å². The predicted molar refractivity (Wildman–Crippen MR) is 92.6 cm³/mol. The van der Waals surface area contributed by atoms with E-state index in [-0.39, 0.29) is 17.7 Å². The molecule has 1 aliphatic heterocycles. The fraction of sp³-hybridized carbons (Fsp3) is 0.667. The van der Waals surface area contributed by atoms with E-state index in [1.54, 1.807) is 20.2 Å². The smallest absolute Gasteiger partial charge is 0.272 e. The monoisotopic (exact) mass is 332 g/mol. The van der Waals surface area contributed by atoms with Crippen LogP contribution >= 0.6 is 0 Å². The number of hydrogen-bond donors (Lipinski definition) is 0. The van der Waals surface area contributed by atoms with Gasteiger partial charge < -0.3 is 9.80 Å². The number of likely N-dealkylation sites (tertiary alicyclic amines) is 1.